The summed E-state index contributed by atoms with van der Waals surface area (Å²) in [5.74, 6) is 2.06. The third-order valence-electron chi connectivity index (χ3n) is 3.59. The SMILES string of the molecule is O=S(=O)(Cl)C[C@H]1C[C@H]2CCCC[C@@H]21. The second-order valence-electron chi connectivity index (χ2n) is 4.41. The highest BCUT2D eigenvalue weighted by atomic mass is 35.7. The van der Waals surface area contributed by atoms with Crippen LogP contribution in [0.1, 0.15) is 32.1 Å². The summed E-state index contributed by atoms with van der Waals surface area (Å²) in [7, 11) is 1.98. The van der Waals surface area contributed by atoms with E-state index >= 15 is 0 Å². The summed E-state index contributed by atoms with van der Waals surface area (Å²) in [6, 6.07) is 0. The van der Waals surface area contributed by atoms with Crippen LogP contribution in [0.3, 0.4) is 0 Å². The van der Waals surface area contributed by atoms with Crippen molar-refractivity contribution < 1.29 is 8.42 Å². The fourth-order valence-electron chi connectivity index (χ4n) is 2.96. The molecule has 0 bridgehead atoms. The zero-order valence-corrected chi connectivity index (χ0v) is 9.15. The molecule has 0 aromatic rings. The first kappa shape index (κ1) is 9.78. The molecule has 0 spiro atoms. The van der Waals surface area contributed by atoms with Crippen LogP contribution in [0, 0.1) is 17.8 Å². The summed E-state index contributed by atoms with van der Waals surface area (Å²) in [6.45, 7) is 0. The van der Waals surface area contributed by atoms with Crippen molar-refractivity contribution in [1.82, 2.24) is 0 Å². The fourth-order valence-corrected chi connectivity index (χ4v) is 4.34. The normalized spacial score (nSPS) is 39.3. The van der Waals surface area contributed by atoms with Crippen LogP contribution < -0.4 is 0 Å². The first-order valence-electron chi connectivity index (χ1n) is 4.98. The number of hydrogen-bond acceptors (Lipinski definition) is 2. The van der Waals surface area contributed by atoms with Crippen LogP contribution >= 0.6 is 10.7 Å². The van der Waals surface area contributed by atoms with Crippen LogP contribution in [-0.4, -0.2) is 14.2 Å². The standard InChI is InChI=1S/C9H15ClO2S/c10-13(11,12)6-8-5-7-3-1-2-4-9(7)8/h7-9H,1-6H2/t7-,8-,9+/m1/s1. The first-order valence-corrected chi connectivity index (χ1v) is 7.46. The van der Waals surface area contributed by atoms with Gasteiger partial charge in [0.1, 0.15) is 0 Å². The van der Waals surface area contributed by atoms with Crippen LogP contribution in [0.2, 0.25) is 0 Å². The molecule has 0 unspecified atom stereocenters. The highest BCUT2D eigenvalue weighted by Crippen LogP contribution is 2.49. The Balaban J connectivity index is 1.91. The van der Waals surface area contributed by atoms with E-state index in [9.17, 15) is 8.42 Å². The Morgan fingerprint density at radius 1 is 1.23 bits per heavy atom. The molecule has 2 aliphatic carbocycles. The zero-order valence-electron chi connectivity index (χ0n) is 7.58. The van der Waals surface area contributed by atoms with Gasteiger partial charge in [-0.25, -0.2) is 8.42 Å². The second-order valence-corrected chi connectivity index (χ2v) is 7.23. The maximum absolute atomic E-state index is 10.9. The molecular formula is C9H15ClO2S. The van der Waals surface area contributed by atoms with E-state index in [1.54, 1.807) is 0 Å². The predicted octanol–water partition coefficient (Wildman–Crippen LogP) is 2.38. The minimum absolute atomic E-state index is 0.204. The van der Waals surface area contributed by atoms with Crippen molar-refractivity contribution in [1.29, 1.82) is 0 Å². The van der Waals surface area contributed by atoms with Crippen LogP contribution in [0.4, 0.5) is 0 Å². The Morgan fingerprint density at radius 3 is 2.54 bits per heavy atom. The lowest BCUT2D eigenvalue weighted by Crippen LogP contribution is -2.41. The molecule has 76 valence electrons. The zero-order chi connectivity index (χ0) is 9.47. The summed E-state index contributed by atoms with van der Waals surface area (Å²) in [5, 5.41) is 0. The van der Waals surface area contributed by atoms with Crippen molar-refractivity contribution in [3.63, 3.8) is 0 Å². The van der Waals surface area contributed by atoms with E-state index in [4.69, 9.17) is 10.7 Å². The number of fused-ring (bicyclic) bond motifs is 1. The largest absolute Gasteiger partial charge is 0.232 e. The van der Waals surface area contributed by atoms with Gasteiger partial charge in [0.25, 0.3) is 0 Å². The van der Waals surface area contributed by atoms with Crippen molar-refractivity contribution in [2.24, 2.45) is 17.8 Å². The summed E-state index contributed by atoms with van der Waals surface area (Å²) >= 11 is 0. The lowest BCUT2D eigenvalue weighted by molar-refractivity contribution is 0.0443. The topological polar surface area (TPSA) is 34.1 Å². The molecule has 2 nitrogen and oxygen atoms in total. The highest BCUT2D eigenvalue weighted by Gasteiger charge is 2.43. The van der Waals surface area contributed by atoms with Crippen LogP contribution in [0.25, 0.3) is 0 Å². The molecule has 2 aliphatic rings. The summed E-state index contributed by atoms with van der Waals surface area (Å²) < 4.78 is 21.7. The molecule has 4 heteroatoms. The first-order chi connectivity index (χ1) is 6.06. The Morgan fingerprint density at radius 2 is 1.92 bits per heavy atom. The van der Waals surface area contributed by atoms with Crippen molar-refractivity contribution in [3.8, 4) is 0 Å². The summed E-state index contributed by atoms with van der Waals surface area (Å²) in [6.07, 6.45) is 6.24. The van der Waals surface area contributed by atoms with Crippen LogP contribution in [0.15, 0.2) is 0 Å². The minimum Gasteiger partial charge on any atom is -0.212 e. The predicted molar refractivity (Wildman–Crippen MR) is 53.2 cm³/mol. The molecule has 2 fully saturated rings. The Labute approximate surface area is 84.1 Å². The fraction of sp³-hybridized carbons (Fsp3) is 1.00. The van der Waals surface area contributed by atoms with E-state index in [0.717, 1.165) is 12.3 Å². The smallest absolute Gasteiger partial charge is 0.212 e. The molecule has 13 heavy (non-hydrogen) atoms. The molecule has 3 atom stereocenters. The maximum Gasteiger partial charge on any atom is 0.232 e. The number of hydrogen-bond donors (Lipinski definition) is 0. The average Bonchev–Trinajstić information content (AvgIpc) is 1.99. The quantitative estimate of drug-likeness (QED) is 0.673. The van der Waals surface area contributed by atoms with Gasteiger partial charge in [-0.05, 0) is 30.6 Å². The third-order valence-corrected chi connectivity index (χ3v) is 4.80. The lowest BCUT2D eigenvalue weighted by atomic mass is 9.59. The molecule has 0 amide bonds. The molecule has 0 aromatic heterocycles. The van der Waals surface area contributed by atoms with Gasteiger partial charge >= 0.3 is 0 Å². The van der Waals surface area contributed by atoms with Gasteiger partial charge in [-0.2, -0.15) is 0 Å². The van der Waals surface area contributed by atoms with Gasteiger partial charge in [0.15, 0.2) is 0 Å². The van der Waals surface area contributed by atoms with E-state index in [2.05, 4.69) is 0 Å². The molecule has 0 aromatic carbocycles. The molecule has 0 heterocycles. The Hall–Kier alpha value is 0.240. The van der Waals surface area contributed by atoms with Gasteiger partial charge in [0.2, 0.25) is 9.05 Å². The molecule has 0 saturated heterocycles. The van der Waals surface area contributed by atoms with Crippen LogP contribution in [-0.2, 0) is 9.05 Å². The van der Waals surface area contributed by atoms with Crippen molar-refractivity contribution in [3.05, 3.63) is 0 Å². The molecule has 0 radical (unpaired) electrons. The highest BCUT2D eigenvalue weighted by molar-refractivity contribution is 8.13. The molecule has 2 rings (SSSR count). The molecule has 0 aliphatic heterocycles. The molecule has 0 N–H and O–H groups in total. The molecule has 2 saturated carbocycles. The van der Waals surface area contributed by atoms with Gasteiger partial charge in [-0.1, -0.05) is 19.3 Å². The average molecular weight is 223 g/mol. The van der Waals surface area contributed by atoms with E-state index in [-0.39, 0.29) is 5.75 Å². The van der Waals surface area contributed by atoms with Gasteiger partial charge in [0.05, 0.1) is 5.75 Å². The van der Waals surface area contributed by atoms with Crippen LogP contribution in [0.5, 0.6) is 0 Å². The number of halogens is 1. The van der Waals surface area contributed by atoms with Crippen molar-refractivity contribution in [2.45, 2.75) is 32.1 Å². The van der Waals surface area contributed by atoms with E-state index < -0.39 is 9.05 Å². The van der Waals surface area contributed by atoms with Gasteiger partial charge in [-0.15, -0.1) is 0 Å². The molecular weight excluding hydrogens is 208 g/mol. The summed E-state index contributed by atoms with van der Waals surface area (Å²) in [5.41, 5.74) is 0. The lowest BCUT2D eigenvalue weighted by Gasteiger charge is -2.47. The van der Waals surface area contributed by atoms with E-state index in [0.29, 0.717) is 11.8 Å². The van der Waals surface area contributed by atoms with Gasteiger partial charge in [0, 0.05) is 10.7 Å². The van der Waals surface area contributed by atoms with Gasteiger partial charge < -0.3 is 0 Å². The van der Waals surface area contributed by atoms with E-state index in [1.807, 2.05) is 0 Å². The third kappa shape index (κ3) is 2.18. The Kier molecular flexibility index (Phi) is 2.58. The Bertz CT molecular complexity index is 286. The number of rotatable bonds is 2. The monoisotopic (exact) mass is 222 g/mol. The van der Waals surface area contributed by atoms with Gasteiger partial charge in [-0.3, -0.25) is 0 Å². The summed E-state index contributed by atoms with van der Waals surface area (Å²) in [4.78, 5) is 0. The second kappa shape index (κ2) is 3.43. The van der Waals surface area contributed by atoms with Crippen molar-refractivity contribution >= 4 is 19.7 Å². The van der Waals surface area contributed by atoms with E-state index in [1.165, 1.54) is 25.7 Å². The van der Waals surface area contributed by atoms with Crippen molar-refractivity contribution in [2.75, 3.05) is 5.75 Å². The maximum atomic E-state index is 10.9. The minimum atomic E-state index is -3.26.